The smallest absolute Gasteiger partial charge is 0.156 e. The molecule has 2 rings (SSSR count). The largest absolute Gasteiger partial charge is 0.330 e. The second-order valence-corrected chi connectivity index (χ2v) is 4.19. The van der Waals surface area contributed by atoms with Crippen molar-refractivity contribution in [3.8, 4) is 5.69 Å². The number of nitrogens with zero attached hydrogens (tertiary/aromatic N) is 4. The predicted octanol–water partition coefficient (Wildman–Crippen LogP) is 1.17. The average Bonchev–Trinajstić information content (AvgIpc) is 2.77. The quantitative estimate of drug-likeness (QED) is 0.857. The first kappa shape index (κ1) is 11.7. The van der Waals surface area contributed by atoms with Crippen molar-refractivity contribution in [2.45, 2.75) is 26.7 Å². The summed E-state index contributed by atoms with van der Waals surface area (Å²) in [5.41, 5.74) is 8.92. The fourth-order valence-corrected chi connectivity index (χ4v) is 1.76. The van der Waals surface area contributed by atoms with E-state index in [9.17, 15) is 0 Å². The van der Waals surface area contributed by atoms with Crippen LogP contribution in [0.2, 0.25) is 0 Å². The molecule has 0 fully saturated rings. The predicted molar refractivity (Wildman–Crippen MR) is 66.0 cm³/mol. The SMILES string of the molecule is Cc1ccc(C)c(-n2nnnc2CCCN)c1. The van der Waals surface area contributed by atoms with Crippen LogP contribution in [-0.2, 0) is 6.42 Å². The Hall–Kier alpha value is -1.75. The molecular weight excluding hydrogens is 214 g/mol. The van der Waals surface area contributed by atoms with Gasteiger partial charge in [0.25, 0.3) is 0 Å². The third kappa shape index (κ3) is 2.50. The van der Waals surface area contributed by atoms with Crippen molar-refractivity contribution in [3.63, 3.8) is 0 Å². The molecule has 5 heteroatoms. The van der Waals surface area contributed by atoms with Crippen LogP contribution in [0.15, 0.2) is 18.2 Å². The van der Waals surface area contributed by atoms with Gasteiger partial charge in [0.15, 0.2) is 5.82 Å². The number of aromatic nitrogens is 4. The van der Waals surface area contributed by atoms with E-state index >= 15 is 0 Å². The maximum Gasteiger partial charge on any atom is 0.156 e. The third-order valence-electron chi connectivity index (χ3n) is 2.73. The van der Waals surface area contributed by atoms with Crippen molar-refractivity contribution in [1.82, 2.24) is 20.2 Å². The van der Waals surface area contributed by atoms with Crippen molar-refractivity contribution in [2.24, 2.45) is 5.73 Å². The lowest BCUT2D eigenvalue weighted by molar-refractivity contribution is 0.723. The zero-order valence-electron chi connectivity index (χ0n) is 10.2. The number of tetrazole rings is 1. The fourth-order valence-electron chi connectivity index (χ4n) is 1.76. The number of hydrogen-bond acceptors (Lipinski definition) is 4. The lowest BCUT2D eigenvalue weighted by Crippen LogP contribution is -2.08. The van der Waals surface area contributed by atoms with Gasteiger partial charge >= 0.3 is 0 Å². The number of aryl methyl sites for hydroxylation is 3. The van der Waals surface area contributed by atoms with Crippen molar-refractivity contribution in [2.75, 3.05) is 6.54 Å². The van der Waals surface area contributed by atoms with Crippen LogP contribution in [-0.4, -0.2) is 26.8 Å². The minimum atomic E-state index is 0.652. The highest BCUT2D eigenvalue weighted by molar-refractivity contribution is 5.42. The van der Waals surface area contributed by atoms with E-state index in [1.807, 2.05) is 0 Å². The van der Waals surface area contributed by atoms with E-state index in [0.717, 1.165) is 29.9 Å². The molecule has 0 amide bonds. The first-order chi connectivity index (χ1) is 8.22. The summed E-state index contributed by atoms with van der Waals surface area (Å²) >= 11 is 0. The van der Waals surface area contributed by atoms with Gasteiger partial charge in [0.1, 0.15) is 0 Å². The van der Waals surface area contributed by atoms with Crippen molar-refractivity contribution in [1.29, 1.82) is 0 Å². The molecule has 0 spiro atoms. The molecule has 0 aliphatic heterocycles. The highest BCUT2D eigenvalue weighted by Gasteiger charge is 2.09. The van der Waals surface area contributed by atoms with Gasteiger partial charge < -0.3 is 5.73 Å². The van der Waals surface area contributed by atoms with E-state index in [1.54, 1.807) is 4.68 Å². The Labute approximate surface area is 101 Å². The Morgan fingerprint density at radius 1 is 1.29 bits per heavy atom. The van der Waals surface area contributed by atoms with Crippen molar-refractivity contribution >= 4 is 0 Å². The molecule has 0 saturated heterocycles. The van der Waals surface area contributed by atoms with Gasteiger partial charge in [-0.25, -0.2) is 0 Å². The zero-order valence-corrected chi connectivity index (χ0v) is 10.2. The van der Waals surface area contributed by atoms with Gasteiger partial charge in [-0.05, 0) is 54.4 Å². The molecule has 2 aromatic rings. The molecule has 5 nitrogen and oxygen atoms in total. The summed E-state index contributed by atoms with van der Waals surface area (Å²) < 4.78 is 1.80. The molecule has 1 heterocycles. The van der Waals surface area contributed by atoms with E-state index < -0.39 is 0 Å². The highest BCUT2D eigenvalue weighted by atomic mass is 15.5. The van der Waals surface area contributed by atoms with E-state index in [2.05, 4.69) is 47.6 Å². The van der Waals surface area contributed by atoms with Crippen LogP contribution >= 0.6 is 0 Å². The van der Waals surface area contributed by atoms with Gasteiger partial charge in [0.2, 0.25) is 0 Å². The maximum absolute atomic E-state index is 5.51. The zero-order chi connectivity index (χ0) is 12.3. The summed E-state index contributed by atoms with van der Waals surface area (Å²) in [5, 5.41) is 11.8. The van der Waals surface area contributed by atoms with Crippen LogP contribution in [0.1, 0.15) is 23.4 Å². The summed E-state index contributed by atoms with van der Waals surface area (Å²) in [4.78, 5) is 0. The lowest BCUT2D eigenvalue weighted by atomic mass is 10.1. The third-order valence-corrected chi connectivity index (χ3v) is 2.73. The molecule has 90 valence electrons. The van der Waals surface area contributed by atoms with Gasteiger partial charge in [-0.15, -0.1) is 5.10 Å². The second kappa shape index (κ2) is 5.05. The number of rotatable bonds is 4. The van der Waals surface area contributed by atoms with Crippen LogP contribution < -0.4 is 5.73 Å². The Morgan fingerprint density at radius 2 is 2.12 bits per heavy atom. The minimum absolute atomic E-state index is 0.652. The van der Waals surface area contributed by atoms with Crippen molar-refractivity contribution < 1.29 is 0 Å². The van der Waals surface area contributed by atoms with Crippen LogP contribution in [0.25, 0.3) is 5.69 Å². The Balaban J connectivity index is 2.38. The van der Waals surface area contributed by atoms with Crippen LogP contribution in [0.4, 0.5) is 0 Å². The molecule has 2 N–H and O–H groups in total. The number of hydrogen-bond donors (Lipinski definition) is 1. The van der Waals surface area contributed by atoms with Crippen LogP contribution in [0, 0.1) is 13.8 Å². The molecule has 0 bridgehead atoms. The normalized spacial score (nSPS) is 10.8. The van der Waals surface area contributed by atoms with Gasteiger partial charge in [-0.1, -0.05) is 12.1 Å². The molecule has 0 aliphatic carbocycles. The molecule has 0 aliphatic rings. The van der Waals surface area contributed by atoms with E-state index in [4.69, 9.17) is 5.73 Å². The minimum Gasteiger partial charge on any atom is -0.330 e. The monoisotopic (exact) mass is 231 g/mol. The summed E-state index contributed by atoms with van der Waals surface area (Å²) in [6, 6.07) is 6.26. The van der Waals surface area contributed by atoms with Crippen molar-refractivity contribution in [3.05, 3.63) is 35.2 Å². The van der Waals surface area contributed by atoms with E-state index in [-0.39, 0.29) is 0 Å². The Bertz CT molecular complexity index is 503. The standard InChI is InChI=1S/C12H17N5/c1-9-5-6-10(2)11(8-9)17-12(4-3-7-13)14-15-16-17/h5-6,8H,3-4,7,13H2,1-2H3. The summed E-state index contributed by atoms with van der Waals surface area (Å²) in [7, 11) is 0. The van der Waals surface area contributed by atoms with Gasteiger partial charge in [0, 0.05) is 6.42 Å². The van der Waals surface area contributed by atoms with Crippen LogP contribution in [0.5, 0.6) is 0 Å². The van der Waals surface area contributed by atoms with Gasteiger partial charge in [-0.2, -0.15) is 4.68 Å². The molecule has 0 atom stereocenters. The van der Waals surface area contributed by atoms with E-state index in [0.29, 0.717) is 6.54 Å². The van der Waals surface area contributed by atoms with Crippen LogP contribution in [0.3, 0.4) is 0 Å². The Kier molecular flexibility index (Phi) is 3.49. The summed E-state index contributed by atoms with van der Waals surface area (Å²) in [6.45, 7) is 4.77. The molecule has 17 heavy (non-hydrogen) atoms. The van der Waals surface area contributed by atoms with E-state index in [1.165, 1.54) is 5.56 Å². The van der Waals surface area contributed by atoms with Gasteiger partial charge in [0.05, 0.1) is 5.69 Å². The summed E-state index contributed by atoms with van der Waals surface area (Å²) in [6.07, 6.45) is 1.70. The average molecular weight is 231 g/mol. The first-order valence-corrected chi connectivity index (χ1v) is 5.77. The number of benzene rings is 1. The first-order valence-electron chi connectivity index (χ1n) is 5.77. The maximum atomic E-state index is 5.51. The highest BCUT2D eigenvalue weighted by Crippen LogP contribution is 2.16. The van der Waals surface area contributed by atoms with Gasteiger partial charge in [-0.3, -0.25) is 0 Å². The number of nitrogens with two attached hydrogens (primary N) is 1. The molecule has 0 radical (unpaired) electrons. The topological polar surface area (TPSA) is 69.6 Å². The fraction of sp³-hybridized carbons (Fsp3) is 0.417. The molecule has 0 unspecified atom stereocenters. The molecule has 1 aromatic carbocycles. The molecule has 0 saturated carbocycles. The summed E-state index contributed by atoms with van der Waals surface area (Å²) in [5.74, 6) is 0.865. The second-order valence-electron chi connectivity index (χ2n) is 4.19. The Morgan fingerprint density at radius 3 is 2.88 bits per heavy atom. The lowest BCUT2D eigenvalue weighted by Gasteiger charge is -2.08. The molecule has 1 aromatic heterocycles. The molecular formula is C12H17N5.